The summed E-state index contributed by atoms with van der Waals surface area (Å²) in [7, 11) is 1.49. The van der Waals surface area contributed by atoms with Crippen LogP contribution in [-0.4, -0.2) is 13.1 Å². The number of nitrogens with two attached hydrogens (primary N) is 1. The summed E-state index contributed by atoms with van der Waals surface area (Å²) in [6.07, 6.45) is 0. The molecule has 2 rings (SSSR count). The number of carbonyl (C=O) groups excluding carboxylic acids is 1. The van der Waals surface area contributed by atoms with E-state index in [2.05, 4.69) is 0 Å². The molecule has 0 saturated heterocycles. The molecule has 0 unspecified atom stereocenters. The third-order valence-corrected chi connectivity index (χ3v) is 3.11. The fourth-order valence-corrected chi connectivity index (χ4v) is 1.93. The number of anilines is 1. The molecule has 0 aliphatic heterocycles. The molecule has 6 heteroatoms. The standard InChI is InChI=1S/C15H13ClFNO3/c1-20-14-5-3-10(7-13(14)18)15(19)21-8-9-2-4-12(17)11(16)6-9/h2-7H,8,18H2,1H3. The third kappa shape index (κ3) is 3.64. The number of nitrogen functional groups attached to an aromatic ring is 1. The van der Waals surface area contributed by atoms with Gasteiger partial charge < -0.3 is 15.2 Å². The number of hydrogen-bond acceptors (Lipinski definition) is 4. The zero-order chi connectivity index (χ0) is 15.4. The molecule has 0 radical (unpaired) electrons. The van der Waals surface area contributed by atoms with Gasteiger partial charge in [0.15, 0.2) is 0 Å². The molecule has 0 aliphatic rings. The third-order valence-electron chi connectivity index (χ3n) is 2.82. The Morgan fingerprint density at radius 3 is 2.67 bits per heavy atom. The molecule has 21 heavy (non-hydrogen) atoms. The molecule has 110 valence electrons. The Bertz CT molecular complexity index is 676. The first-order valence-corrected chi connectivity index (χ1v) is 6.43. The van der Waals surface area contributed by atoms with Gasteiger partial charge in [-0.3, -0.25) is 0 Å². The summed E-state index contributed by atoms with van der Waals surface area (Å²) in [4.78, 5) is 11.9. The summed E-state index contributed by atoms with van der Waals surface area (Å²) in [6, 6.07) is 8.73. The van der Waals surface area contributed by atoms with Gasteiger partial charge in [0, 0.05) is 0 Å². The molecule has 0 spiro atoms. The predicted molar refractivity (Wildman–Crippen MR) is 77.9 cm³/mol. The Kier molecular flexibility index (Phi) is 4.65. The molecule has 2 aromatic rings. The van der Waals surface area contributed by atoms with Gasteiger partial charge in [-0.1, -0.05) is 17.7 Å². The van der Waals surface area contributed by atoms with Gasteiger partial charge in [0.25, 0.3) is 0 Å². The van der Waals surface area contributed by atoms with Crippen LogP contribution in [0.3, 0.4) is 0 Å². The average molecular weight is 310 g/mol. The maximum Gasteiger partial charge on any atom is 0.338 e. The average Bonchev–Trinajstić information content (AvgIpc) is 2.48. The minimum atomic E-state index is -0.537. The lowest BCUT2D eigenvalue weighted by atomic mass is 10.2. The molecule has 0 amide bonds. The van der Waals surface area contributed by atoms with Crippen LogP contribution in [-0.2, 0) is 11.3 Å². The highest BCUT2D eigenvalue weighted by Crippen LogP contribution is 2.22. The lowest BCUT2D eigenvalue weighted by Crippen LogP contribution is -2.06. The zero-order valence-corrected chi connectivity index (χ0v) is 12.0. The molecule has 4 nitrogen and oxygen atoms in total. The van der Waals surface area contributed by atoms with E-state index in [1.807, 2.05) is 0 Å². The molecule has 0 aliphatic carbocycles. The van der Waals surface area contributed by atoms with Crippen molar-refractivity contribution in [3.63, 3.8) is 0 Å². The van der Waals surface area contributed by atoms with Gasteiger partial charge >= 0.3 is 5.97 Å². The topological polar surface area (TPSA) is 61.5 Å². The summed E-state index contributed by atoms with van der Waals surface area (Å²) in [5.41, 5.74) is 6.97. The number of hydrogen-bond donors (Lipinski definition) is 1. The maximum atomic E-state index is 13.0. The zero-order valence-electron chi connectivity index (χ0n) is 11.2. The Morgan fingerprint density at radius 2 is 2.05 bits per heavy atom. The van der Waals surface area contributed by atoms with Gasteiger partial charge in [0.05, 0.1) is 23.4 Å². The molecule has 2 N–H and O–H groups in total. The van der Waals surface area contributed by atoms with E-state index < -0.39 is 11.8 Å². The Labute approximate surface area is 126 Å². The van der Waals surface area contributed by atoms with Gasteiger partial charge in [-0.2, -0.15) is 0 Å². The lowest BCUT2D eigenvalue weighted by molar-refractivity contribution is 0.0472. The van der Waals surface area contributed by atoms with Crippen molar-refractivity contribution in [3.05, 3.63) is 58.4 Å². The van der Waals surface area contributed by atoms with Crippen LogP contribution in [0.15, 0.2) is 36.4 Å². The molecule has 0 aromatic heterocycles. The predicted octanol–water partition coefficient (Wildman–Crippen LogP) is 3.43. The number of carbonyl (C=O) groups is 1. The van der Waals surface area contributed by atoms with Crippen LogP contribution in [0.2, 0.25) is 5.02 Å². The van der Waals surface area contributed by atoms with E-state index >= 15 is 0 Å². The molecule has 0 saturated carbocycles. The van der Waals surface area contributed by atoms with Gasteiger partial charge in [-0.15, -0.1) is 0 Å². The molecule has 0 fully saturated rings. The van der Waals surface area contributed by atoms with Crippen molar-refractivity contribution in [1.29, 1.82) is 0 Å². The van der Waals surface area contributed by atoms with Crippen LogP contribution in [0.25, 0.3) is 0 Å². The Hall–Kier alpha value is -2.27. The fraction of sp³-hybridized carbons (Fsp3) is 0.133. The summed E-state index contributed by atoms with van der Waals surface area (Å²) in [5, 5.41) is -0.0164. The van der Waals surface area contributed by atoms with E-state index in [4.69, 9.17) is 26.8 Å². The van der Waals surface area contributed by atoms with Gasteiger partial charge in [0.1, 0.15) is 18.2 Å². The van der Waals surface area contributed by atoms with Crippen molar-refractivity contribution < 1.29 is 18.7 Å². The molecule has 0 atom stereocenters. The fourth-order valence-electron chi connectivity index (χ4n) is 1.72. The van der Waals surface area contributed by atoms with E-state index in [-0.39, 0.29) is 11.6 Å². The van der Waals surface area contributed by atoms with Crippen LogP contribution in [0.5, 0.6) is 5.75 Å². The van der Waals surface area contributed by atoms with Crippen LogP contribution < -0.4 is 10.5 Å². The van der Waals surface area contributed by atoms with Crippen molar-refractivity contribution in [1.82, 2.24) is 0 Å². The number of halogens is 2. The van der Waals surface area contributed by atoms with E-state index in [0.29, 0.717) is 22.6 Å². The van der Waals surface area contributed by atoms with Crippen molar-refractivity contribution in [2.45, 2.75) is 6.61 Å². The first-order valence-electron chi connectivity index (χ1n) is 6.06. The van der Waals surface area contributed by atoms with Gasteiger partial charge in [0.2, 0.25) is 0 Å². The highest BCUT2D eigenvalue weighted by molar-refractivity contribution is 6.30. The van der Waals surface area contributed by atoms with Gasteiger partial charge in [-0.05, 0) is 35.9 Å². The van der Waals surface area contributed by atoms with Crippen molar-refractivity contribution >= 4 is 23.3 Å². The van der Waals surface area contributed by atoms with E-state index in [9.17, 15) is 9.18 Å². The van der Waals surface area contributed by atoms with E-state index in [1.54, 1.807) is 12.1 Å². The number of methoxy groups -OCH3 is 1. The van der Waals surface area contributed by atoms with E-state index in [0.717, 1.165) is 0 Å². The highest BCUT2D eigenvalue weighted by Gasteiger charge is 2.10. The summed E-state index contributed by atoms with van der Waals surface area (Å²) in [6.45, 7) is -0.00916. The van der Waals surface area contributed by atoms with Crippen molar-refractivity contribution in [3.8, 4) is 5.75 Å². The molecular formula is C15H13ClFNO3. The monoisotopic (exact) mass is 309 g/mol. The summed E-state index contributed by atoms with van der Waals surface area (Å²) >= 11 is 5.65. The number of ether oxygens (including phenoxy) is 2. The second-order valence-corrected chi connectivity index (χ2v) is 4.69. The Balaban J connectivity index is 2.04. The summed E-state index contributed by atoms with van der Waals surface area (Å²) < 4.78 is 23.1. The van der Waals surface area contributed by atoms with Crippen LogP contribution in [0, 0.1) is 5.82 Å². The van der Waals surface area contributed by atoms with E-state index in [1.165, 1.54) is 31.4 Å². The maximum absolute atomic E-state index is 13.0. The van der Waals surface area contributed by atoms with Crippen LogP contribution in [0.1, 0.15) is 15.9 Å². The molecular weight excluding hydrogens is 297 g/mol. The van der Waals surface area contributed by atoms with Crippen LogP contribution in [0.4, 0.5) is 10.1 Å². The summed E-state index contributed by atoms with van der Waals surface area (Å²) in [5.74, 6) is -0.573. The quantitative estimate of drug-likeness (QED) is 0.694. The van der Waals surface area contributed by atoms with Crippen molar-refractivity contribution in [2.75, 3.05) is 12.8 Å². The number of benzene rings is 2. The smallest absolute Gasteiger partial charge is 0.338 e. The molecule has 0 heterocycles. The van der Waals surface area contributed by atoms with Crippen LogP contribution >= 0.6 is 11.6 Å². The lowest BCUT2D eigenvalue weighted by Gasteiger charge is -2.08. The second-order valence-electron chi connectivity index (χ2n) is 4.28. The first-order chi connectivity index (χ1) is 10.0. The normalized spacial score (nSPS) is 10.2. The second kappa shape index (κ2) is 6.45. The van der Waals surface area contributed by atoms with Crippen molar-refractivity contribution in [2.24, 2.45) is 0 Å². The molecule has 2 aromatic carbocycles. The minimum Gasteiger partial charge on any atom is -0.495 e. The minimum absolute atomic E-state index is 0.00916. The first kappa shape index (κ1) is 15.1. The Morgan fingerprint density at radius 1 is 1.29 bits per heavy atom. The molecule has 0 bridgehead atoms. The van der Waals surface area contributed by atoms with Gasteiger partial charge in [-0.25, -0.2) is 9.18 Å². The highest BCUT2D eigenvalue weighted by atomic mass is 35.5. The SMILES string of the molecule is COc1ccc(C(=O)OCc2ccc(F)c(Cl)c2)cc1N. The largest absolute Gasteiger partial charge is 0.495 e. The number of esters is 1. The number of rotatable bonds is 4.